The van der Waals surface area contributed by atoms with E-state index in [-0.39, 0.29) is 11.7 Å². The molecule has 0 aliphatic carbocycles. The summed E-state index contributed by atoms with van der Waals surface area (Å²) in [5, 5.41) is 11.5. The molecule has 1 amide bonds. The van der Waals surface area contributed by atoms with Gasteiger partial charge in [0.1, 0.15) is 0 Å². The van der Waals surface area contributed by atoms with Crippen molar-refractivity contribution >= 4 is 23.1 Å². The van der Waals surface area contributed by atoms with E-state index in [4.69, 9.17) is 10.9 Å². The summed E-state index contributed by atoms with van der Waals surface area (Å²) in [6, 6.07) is 3.32. The van der Waals surface area contributed by atoms with Crippen LogP contribution in [0.3, 0.4) is 0 Å². The lowest BCUT2D eigenvalue weighted by Gasteiger charge is -2.23. The predicted octanol–water partition coefficient (Wildman–Crippen LogP) is 1.52. The fraction of sp³-hybridized carbons (Fsp3) is 0.455. The van der Waals surface area contributed by atoms with Crippen molar-refractivity contribution in [1.29, 1.82) is 0 Å². The van der Waals surface area contributed by atoms with Crippen LogP contribution in [0.4, 0.5) is 0 Å². The van der Waals surface area contributed by atoms with Gasteiger partial charge in [-0.15, -0.1) is 11.3 Å². The van der Waals surface area contributed by atoms with Gasteiger partial charge in [-0.25, -0.2) is 0 Å². The average Bonchev–Trinajstić information content (AvgIpc) is 2.83. The van der Waals surface area contributed by atoms with E-state index in [9.17, 15) is 4.79 Å². The largest absolute Gasteiger partial charge is 0.409 e. The molecule has 1 aromatic rings. The van der Waals surface area contributed by atoms with Crippen LogP contribution in [-0.2, 0) is 6.42 Å². The van der Waals surface area contributed by atoms with E-state index in [2.05, 4.69) is 5.16 Å². The molecule has 0 radical (unpaired) electrons. The lowest BCUT2D eigenvalue weighted by molar-refractivity contribution is 0.0781. The number of likely N-dealkylation sites (N-methyl/N-ethyl adjacent to an activating group) is 1. The summed E-state index contributed by atoms with van der Waals surface area (Å²) in [7, 11) is 1.64. The first-order valence-corrected chi connectivity index (χ1v) is 6.16. The number of oxime groups is 1. The summed E-state index contributed by atoms with van der Waals surface area (Å²) in [5.74, 6) is -0.0954. The fourth-order valence-corrected chi connectivity index (χ4v) is 2.24. The summed E-state index contributed by atoms with van der Waals surface area (Å²) >= 11 is 1.47. The van der Waals surface area contributed by atoms with Gasteiger partial charge in [0.15, 0.2) is 5.84 Å². The number of amidine groups is 1. The average molecular weight is 255 g/mol. The van der Waals surface area contributed by atoms with Gasteiger partial charge in [0.25, 0.3) is 5.91 Å². The molecule has 1 heterocycles. The van der Waals surface area contributed by atoms with Crippen LogP contribution in [0, 0.1) is 0 Å². The number of thiophene rings is 1. The number of nitrogens with two attached hydrogens (primary N) is 1. The van der Waals surface area contributed by atoms with Crippen molar-refractivity contribution < 1.29 is 10.0 Å². The van der Waals surface area contributed by atoms with Crippen molar-refractivity contribution in [2.75, 3.05) is 7.05 Å². The van der Waals surface area contributed by atoms with E-state index in [1.807, 2.05) is 13.0 Å². The van der Waals surface area contributed by atoms with Gasteiger partial charge in [-0.2, -0.15) is 0 Å². The van der Waals surface area contributed by atoms with Crippen LogP contribution in [0.15, 0.2) is 17.3 Å². The van der Waals surface area contributed by atoms with Crippen LogP contribution in [0.1, 0.15) is 28.4 Å². The Morgan fingerprint density at radius 2 is 2.29 bits per heavy atom. The molecule has 1 rings (SSSR count). The van der Waals surface area contributed by atoms with E-state index in [0.29, 0.717) is 4.88 Å². The van der Waals surface area contributed by atoms with Crippen LogP contribution in [0.25, 0.3) is 0 Å². The van der Waals surface area contributed by atoms with Gasteiger partial charge >= 0.3 is 0 Å². The minimum atomic E-state index is -0.431. The molecule has 5 nitrogen and oxygen atoms in total. The van der Waals surface area contributed by atoms with Crippen molar-refractivity contribution in [1.82, 2.24) is 4.90 Å². The van der Waals surface area contributed by atoms with Crippen LogP contribution in [0.5, 0.6) is 0 Å². The molecule has 1 atom stereocenters. The minimum Gasteiger partial charge on any atom is -0.409 e. The standard InChI is InChI=1S/C11H17N3O2S/c1-4-8-5-6-9(17-8)11(15)14(3)7(2)10(12)13-16/h5-7,16H,4H2,1-3H3,(H2,12,13). The molecule has 1 unspecified atom stereocenters. The Labute approximate surface area is 105 Å². The minimum absolute atomic E-state index is 0.0214. The second-order valence-electron chi connectivity index (χ2n) is 3.74. The molecular formula is C11H17N3O2S. The van der Waals surface area contributed by atoms with Gasteiger partial charge in [0.05, 0.1) is 10.9 Å². The smallest absolute Gasteiger partial charge is 0.264 e. The van der Waals surface area contributed by atoms with Gasteiger partial charge in [-0.3, -0.25) is 4.79 Å². The lowest BCUT2D eigenvalue weighted by Crippen LogP contribution is -2.43. The van der Waals surface area contributed by atoms with Crippen molar-refractivity contribution in [3.8, 4) is 0 Å². The Morgan fingerprint density at radius 1 is 1.65 bits per heavy atom. The topological polar surface area (TPSA) is 78.9 Å². The van der Waals surface area contributed by atoms with Crippen molar-refractivity contribution in [2.45, 2.75) is 26.3 Å². The molecule has 94 valence electrons. The quantitative estimate of drug-likeness (QED) is 0.370. The second-order valence-corrected chi connectivity index (χ2v) is 4.90. The molecular weight excluding hydrogens is 238 g/mol. The zero-order chi connectivity index (χ0) is 13.0. The zero-order valence-electron chi connectivity index (χ0n) is 10.2. The Bertz CT molecular complexity index is 428. The van der Waals surface area contributed by atoms with E-state index in [0.717, 1.165) is 6.42 Å². The highest BCUT2D eigenvalue weighted by Gasteiger charge is 2.21. The van der Waals surface area contributed by atoms with E-state index in [1.54, 1.807) is 20.0 Å². The maximum Gasteiger partial charge on any atom is 0.264 e. The first kappa shape index (κ1) is 13.5. The van der Waals surface area contributed by atoms with Crippen molar-refractivity contribution in [2.24, 2.45) is 10.9 Å². The zero-order valence-corrected chi connectivity index (χ0v) is 11.0. The van der Waals surface area contributed by atoms with Gasteiger partial charge in [-0.1, -0.05) is 12.1 Å². The number of rotatable bonds is 4. The molecule has 1 aromatic heterocycles. The van der Waals surface area contributed by atoms with Gasteiger partial charge in [-0.05, 0) is 25.5 Å². The molecule has 3 N–H and O–H groups in total. The fourth-order valence-electron chi connectivity index (χ4n) is 1.31. The summed E-state index contributed by atoms with van der Waals surface area (Å²) in [6.07, 6.45) is 0.914. The molecule has 0 aliphatic rings. The third kappa shape index (κ3) is 2.97. The molecule has 0 saturated heterocycles. The molecule has 0 bridgehead atoms. The predicted molar refractivity (Wildman–Crippen MR) is 68.7 cm³/mol. The summed E-state index contributed by atoms with van der Waals surface area (Å²) in [4.78, 5) is 15.4. The first-order valence-electron chi connectivity index (χ1n) is 5.34. The van der Waals surface area contributed by atoms with Crippen LogP contribution < -0.4 is 5.73 Å². The number of amides is 1. The van der Waals surface area contributed by atoms with Crippen LogP contribution >= 0.6 is 11.3 Å². The summed E-state index contributed by atoms with van der Waals surface area (Å²) < 4.78 is 0. The summed E-state index contributed by atoms with van der Waals surface area (Å²) in [6.45, 7) is 3.75. The molecule has 0 fully saturated rings. The maximum atomic E-state index is 12.1. The molecule has 0 saturated carbocycles. The van der Waals surface area contributed by atoms with Crippen molar-refractivity contribution in [3.05, 3.63) is 21.9 Å². The third-order valence-electron chi connectivity index (χ3n) is 2.67. The Kier molecular flexibility index (Phi) is 4.51. The van der Waals surface area contributed by atoms with E-state index >= 15 is 0 Å². The van der Waals surface area contributed by atoms with Crippen molar-refractivity contribution in [3.63, 3.8) is 0 Å². The SMILES string of the molecule is CCc1ccc(C(=O)N(C)C(C)C(N)=NO)s1. The van der Waals surface area contributed by atoms with Crippen LogP contribution in [0.2, 0.25) is 0 Å². The van der Waals surface area contributed by atoms with E-state index < -0.39 is 6.04 Å². The van der Waals surface area contributed by atoms with Gasteiger partial charge < -0.3 is 15.8 Å². The number of carbonyl (C=O) groups excluding carboxylic acids is 1. The van der Waals surface area contributed by atoms with Gasteiger partial charge in [0.2, 0.25) is 0 Å². The number of aryl methyl sites for hydroxylation is 1. The van der Waals surface area contributed by atoms with E-state index in [1.165, 1.54) is 21.1 Å². The molecule has 0 aromatic carbocycles. The Balaban J connectivity index is 2.82. The molecule has 0 spiro atoms. The number of hydrogen-bond donors (Lipinski definition) is 2. The van der Waals surface area contributed by atoms with Gasteiger partial charge in [0, 0.05) is 11.9 Å². The van der Waals surface area contributed by atoms with Crippen LogP contribution in [-0.4, -0.2) is 34.9 Å². The first-order chi connectivity index (χ1) is 8.01. The highest BCUT2D eigenvalue weighted by molar-refractivity contribution is 7.14. The Morgan fingerprint density at radius 3 is 2.76 bits per heavy atom. The summed E-state index contributed by atoms with van der Waals surface area (Å²) in [5.41, 5.74) is 5.47. The monoisotopic (exact) mass is 255 g/mol. The third-order valence-corrected chi connectivity index (χ3v) is 3.88. The highest BCUT2D eigenvalue weighted by atomic mass is 32.1. The second kappa shape index (κ2) is 5.67. The molecule has 17 heavy (non-hydrogen) atoms. The highest BCUT2D eigenvalue weighted by Crippen LogP contribution is 2.19. The normalized spacial score (nSPS) is 13.5. The maximum absolute atomic E-state index is 12.1. The molecule has 0 aliphatic heterocycles. The lowest BCUT2D eigenvalue weighted by atomic mass is 10.2. The molecule has 6 heteroatoms. The number of hydrogen-bond acceptors (Lipinski definition) is 4. The number of carbonyl (C=O) groups is 1. The number of nitrogens with zero attached hydrogens (tertiary/aromatic N) is 2. The Hall–Kier alpha value is -1.56.